The highest BCUT2D eigenvalue weighted by atomic mass is 32.1. The van der Waals surface area contributed by atoms with Crippen molar-refractivity contribution in [3.8, 4) is 28.0 Å². The van der Waals surface area contributed by atoms with Crippen LogP contribution in [0, 0.1) is 17.0 Å². The minimum Gasteiger partial charge on any atom is -0.483 e. The molecular weight excluding hydrogens is 492 g/mol. The molecule has 1 N–H and O–H groups in total. The average Bonchev–Trinajstić information content (AvgIpc) is 3.23. The Balaban J connectivity index is 1.58. The van der Waals surface area contributed by atoms with Gasteiger partial charge in [-0.2, -0.15) is 0 Å². The molecule has 0 aliphatic carbocycles. The van der Waals surface area contributed by atoms with E-state index in [0.29, 0.717) is 21.9 Å². The van der Waals surface area contributed by atoms with Gasteiger partial charge in [0.1, 0.15) is 16.3 Å². The first-order chi connectivity index (χ1) is 17.9. The zero-order chi connectivity index (χ0) is 26.4. The maximum Gasteiger partial charge on any atom is 0.341 e. The number of esters is 1. The molecule has 4 rings (SSSR count). The second-order valence-corrected chi connectivity index (χ2v) is 9.19. The number of para-hydroxylation sites is 1. The fraction of sp³-hybridized carbons (Fsp3) is 0.143. The quantitative estimate of drug-likeness (QED) is 0.155. The normalized spacial score (nSPS) is 10.5. The van der Waals surface area contributed by atoms with E-state index in [-0.39, 0.29) is 24.5 Å². The maximum absolute atomic E-state index is 12.9. The molecular formula is C28H24N2O6S. The first-order valence-electron chi connectivity index (χ1n) is 11.5. The van der Waals surface area contributed by atoms with Crippen LogP contribution in [0.15, 0.2) is 78.9 Å². The Hall–Kier alpha value is -4.50. The SMILES string of the molecule is CCOC(=O)c1c(NC(=O)COc2ccccc2-c2ccccc2)sc(C)c1-c1ccc([N+](=O)[O-])cc1. The van der Waals surface area contributed by atoms with E-state index in [1.807, 2.05) is 55.5 Å². The number of anilines is 1. The molecule has 0 radical (unpaired) electrons. The van der Waals surface area contributed by atoms with Gasteiger partial charge in [0.05, 0.1) is 11.5 Å². The highest BCUT2D eigenvalue weighted by Crippen LogP contribution is 2.41. The molecule has 1 heterocycles. The molecule has 4 aromatic rings. The molecule has 37 heavy (non-hydrogen) atoms. The standard InChI is InChI=1S/C28H24N2O6S/c1-3-35-28(32)26-25(20-13-15-21(16-14-20)30(33)34)18(2)37-27(26)29-24(31)17-36-23-12-8-7-11-22(23)19-9-5-4-6-10-19/h4-16H,3,17H2,1-2H3,(H,29,31). The Morgan fingerprint density at radius 2 is 1.62 bits per heavy atom. The van der Waals surface area contributed by atoms with Gasteiger partial charge in [-0.05, 0) is 43.2 Å². The van der Waals surface area contributed by atoms with Gasteiger partial charge >= 0.3 is 5.97 Å². The fourth-order valence-electron chi connectivity index (χ4n) is 3.88. The van der Waals surface area contributed by atoms with Crippen LogP contribution in [-0.4, -0.2) is 30.0 Å². The molecule has 0 aliphatic heterocycles. The van der Waals surface area contributed by atoms with E-state index in [1.165, 1.54) is 23.5 Å². The molecule has 0 saturated carbocycles. The highest BCUT2D eigenvalue weighted by molar-refractivity contribution is 7.17. The summed E-state index contributed by atoms with van der Waals surface area (Å²) in [6.07, 6.45) is 0. The van der Waals surface area contributed by atoms with Crippen LogP contribution in [0.5, 0.6) is 5.75 Å². The number of aryl methyl sites for hydroxylation is 1. The minimum atomic E-state index is -0.592. The number of nitro groups is 1. The summed E-state index contributed by atoms with van der Waals surface area (Å²) in [4.78, 5) is 37.1. The number of amides is 1. The average molecular weight is 517 g/mol. The van der Waals surface area contributed by atoms with Gasteiger partial charge in [0.25, 0.3) is 11.6 Å². The summed E-state index contributed by atoms with van der Waals surface area (Å²) in [6.45, 7) is 3.39. The van der Waals surface area contributed by atoms with Gasteiger partial charge in [0.15, 0.2) is 6.61 Å². The lowest BCUT2D eigenvalue weighted by Gasteiger charge is -2.12. The summed E-state index contributed by atoms with van der Waals surface area (Å²) in [5.41, 5.74) is 3.13. The van der Waals surface area contributed by atoms with Crippen LogP contribution in [0.1, 0.15) is 22.2 Å². The van der Waals surface area contributed by atoms with Crippen LogP contribution in [-0.2, 0) is 9.53 Å². The largest absolute Gasteiger partial charge is 0.483 e. The predicted octanol–water partition coefficient (Wildman–Crippen LogP) is 6.49. The third-order valence-electron chi connectivity index (χ3n) is 5.51. The van der Waals surface area contributed by atoms with Gasteiger partial charge in [0, 0.05) is 28.1 Å². The van der Waals surface area contributed by atoms with Crippen molar-refractivity contribution in [1.82, 2.24) is 0 Å². The number of carbonyl (C=O) groups is 2. The van der Waals surface area contributed by atoms with E-state index in [0.717, 1.165) is 16.0 Å². The lowest BCUT2D eigenvalue weighted by molar-refractivity contribution is -0.384. The summed E-state index contributed by atoms with van der Waals surface area (Å²) < 4.78 is 11.1. The number of carbonyl (C=O) groups excluding carboxylic acids is 2. The zero-order valence-corrected chi connectivity index (χ0v) is 21.0. The van der Waals surface area contributed by atoms with Crippen molar-refractivity contribution in [2.45, 2.75) is 13.8 Å². The minimum absolute atomic E-state index is 0.0595. The molecule has 1 aromatic heterocycles. The van der Waals surface area contributed by atoms with Gasteiger partial charge in [-0.25, -0.2) is 4.79 Å². The fourth-order valence-corrected chi connectivity index (χ4v) is 4.96. The van der Waals surface area contributed by atoms with Gasteiger partial charge in [0.2, 0.25) is 0 Å². The Labute approximate surface area is 217 Å². The number of benzene rings is 3. The summed E-state index contributed by atoms with van der Waals surface area (Å²) >= 11 is 1.23. The van der Waals surface area contributed by atoms with Crippen LogP contribution < -0.4 is 10.1 Å². The van der Waals surface area contributed by atoms with Crippen molar-refractivity contribution in [3.05, 3.63) is 99.4 Å². The van der Waals surface area contributed by atoms with E-state index < -0.39 is 16.8 Å². The topological polar surface area (TPSA) is 108 Å². The number of hydrogen-bond acceptors (Lipinski definition) is 7. The number of nitro benzene ring substituents is 1. The Kier molecular flexibility index (Phi) is 7.95. The lowest BCUT2D eigenvalue weighted by Crippen LogP contribution is -2.21. The van der Waals surface area contributed by atoms with Crippen molar-refractivity contribution < 1.29 is 24.0 Å². The number of hydrogen-bond donors (Lipinski definition) is 1. The van der Waals surface area contributed by atoms with Crippen LogP contribution >= 0.6 is 11.3 Å². The van der Waals surface area contributed by atoms with Gasteiger partial charge in [-0.3, -0.25) is 14.9 Å². The molecule has 8 nitrogen and oxygen atoms in total. The molecule has 3 aromatic carbocycles. The van der Waals surface area contributed by atoms with Crippen molar-refractivity contribution in [2.75, 3.05) is 18.5 Å². The van der Waals surface area contributed by atoms with E-state index in [9.17, 15) is 19.7 Å². The molecule has 0 unspecified atom stereocenters. The molecule has 0 saturated heterocycles. The zero-order valence-electron chi connectivity index (χ0n) is 20.2. The summed E-state index contributed by atoms with van der Waals surface area (Å²) in [5.74, 6) is -0.473. The second-order valence-electron chi connectivity index (χ2n) is 7.96. The van der Waals surface area contributed by atoms with E-state index >= 15 is 0 Å². The van der Waals surface area contributed by atoms with Crippen molar-refractivity contribution in [2.24, 2.45) is 0 Å². The number of nitrogens with zero attached hydrogens (tertiary/aromatic N) is 1. The van der Waals surface area contributed by atoms with Crippen LogP contribution in [0.4, 0.5) is 10.7 Å². The smallest absolute Gasteiger partial charge is 0.341 e. The van der Waals surface area contributed by atoms with Crippen LogP contribution in [0.3, 0.4) is 0 Å². The van der Waals surface area contributed by atoms with Crippen LogP contribution in [0.25, 0.3) is 22.3 Å². The molecule has 0 fully saturated rings. The second kappa shape index (κ2) is 11.5. The molecule has 9 heteroatoms. The van der Waals surface area contributed by atoms with Gasteiger partial charge < -0.3 is 14.8 Å². The highest BCUT2D eigenvalue weighted by Gasteiger charge is 2.26. The summed E-state index contributed by atoms with van der Waals surface area (Å²) in [6, 6.07) is 23.0. The lowest BCUT2D eigenvalue weighted by atomic mass is 10.0. The third kappa shape index (κ3) is 5.84. The van der Waals surface area contributed by atoms with Gasteiger partial charge in [-0.1, -0.05) is 48.5 Å². The Morgan fingerprint density at radius 1 is 0.946 bits per heavy atom. The van der Waals surface area contributed by atoms with Crippen molar-refractivity contribution >= 4 is 33.9 Å². The Morgan fingerprint density at radius 3 is 2.30 bits per heavy atom. The van der Waals surface area contributed by atoms with Crippen molar-refractivity contribution in [1.29, 1.82) is 0 Å². The molecule has 1 amide bonds. The summed E-state index contributed by atoms with van der Waals surface area (Å²) in [7, 11) is 0. The molecule has 0 bridgehead atoms. The summed E-state index contributed by atoms with van der Waals surface area (Å²) in [5, 5.41) is 14.2. The van der Waals surface area contributed by atoms with E-state index in [1.54, 1.807) is 25.1 Å². The maximum atomic E-state index is 12.9. The Bertz CT molecular complexity index is 1430. The van der Waals surface area contributed by atoms with E-state index in [4.69, 9.17) is 9.47 Å². The first-order valence-corrected chi connectivity index (χ1v) is 12.3. The molecule has 0 spiro atoms. The third-order valence-corrected chi connectivity index (χ3v) is 6.53. The van der Waals surface area contributed by atoms with Gasteiger partial charge in [-0.15, -0.1) is 11.3 Å². The molecule has 188 valence electrons. The number of non-ortho nitro benzene ring substituents is 1. The molecule has 0 aliphatic rings. The van der Waals surface area contributed by atoms with Crippen LogP contribution in [0.2, 0.25) is 0 Å². The number of rotatable bonds is 9. The number of thiophene rings is 1. The monoisotopic (exact) mass is 516 g/mol. The number of nitrogens with one attached hydrogen (secondary N) is 1. The predicted molar refractivity (Wildman–Crippen MR) is 143 cm³/mol. The first kappa shape index (κ1) is 25.6. The van der Waals surface area contributed by atoms with E-state index in [2.05, 4.69) is 5.32 Å². The van der Waals surface area contributed by atoms with Crippen molar-refractivity contribution in [3.63, 3.8) is 0 Å². The number of ether oxygens (including phenoxy) is 2. The molecule has 0 atom stereocenters.